The third-order valence-electron chi connectivity index (χ3n) is 2.05. The zero-order valence-electron chi connectivity index (χ0n) is 8.13. The third-order valence-corrected chi connectivity index (χ3v) is 2.05. The molecule has 13 heavy (non-hydrogen) atoms. The minimum atomic E-state index is 0. The van der Waals surface area contributed by atoms with E-state index in [0.29, 0.717) is 6.42 Å². The van der Waals surface area contributed by atoms with Crippen molar-refractivity contribution < 1.29 is 28.5 Å². The number of rotatable bonds is 1. The van der Waals surface area contributed by atoms with E-state index in [2.05, 4.69) is 22.8 Å². The molecular weight excluding hydrogens is 275 g/mol. The molecule has 70 valence electrons. The first-order valence-corrected chi connectivity index (χ1v) is 3.98. The summed E-state index contributed by atoms with van der Waals surface area (Å²) in [6.07, 6.45) is 0.485. The van der Waals surface area contributed by atoms with Crippen LogP contribution in [-0.2, 0) is 13.5 Å². The van der Waals surface area contributed by atoms with Crippen molar-refractivity contribution in [3.63, 3.8) is 0 Å². The van der Waals surface area contributed by atoms with Gasteiger partial charge in [-0.05, 0) is 12.5 Å². The zero-order chi connectivity index (χ0) is 9.14. The van der Waals surface area contributed by atoms with Crippen LogP contribution in [0.5, 0.6) is 0 Å². The normalized spacial score (nSPS) is 8.77. The van der Waals surface area contributed by atoms with Crippen LogP contribution in [0.4, 0.5) is 0 Å². The molecule has 1 aromatic rings. The van der Waals surface area contributed by atoms with E-state index in [4.69, 9.17) is 5.26 Å². The van der Waals surface area contributed by atoms with Gasteiger partial charge in [-0.25, -0.2) is 4.57 Å². The summed E-state index contributed by atoms with van der Waals surface area (Å²) in [4.78, 5) is 0. The predicted molar refractivity (Wildman–Crippen MR) is 46.4 cm³/mol. The van der Waals surface area contributed by atoms with E-state index >= 15 is 0 Å². The molecule has 0 amide bonds. The van der Waals surface area contributed by atoms with E-state index in [9.17, 15) is 0 Å². The molecule has 0 fully saturated rings. The number of hydrogen-bond donors (Lipinski definition) is 0. The second kappa shape index (κ2) is 5.18. The summed E-state index contributed by atoms with van der Waals surface area (Å²) < 4.78 is 2.05. The molecule has 0 aliphatic carbocycles. The van der Waals surface area contributed by atoms with Crippen LogP contribution < -0.4 is 28.5 Å². The molecule has 0 bridgehead atoms. The molecule has 0 N–H and O–H groups in total. The van der Waals surface area contributed by atoms with Gasteiger partial charge < -0.3 is 24.0 Å². The Hall–Kier alpha value is -0.630. The molecule has 0 aliphatic heterocycles. The van der Waals surface area contributed by atoms with E-state index < -0.39 is 0 Å². The van der Waals surface area contributed by atoms with Crippen LogP contribution in [0.2, 0.25) is 0 Å². The summed E-state index contributed by atoms with van der Waals surface area (Å²) in [6.45, 7) is 4.10. The Morgan fingerprint density at radius 3 is 2.54 bits per heavy atom. The standard InChI is InChI=1S/C10H13N2.HI/c1-8-6-9(2)12(3)10(7-8)4-5-11;/h6-7H,4H2,1-3H3;1H/q+1;/p-1. The molecule has 1 aromatic heterocycles. The van der Waals surface area contributed by atoms with Gasteiger partial charge in [0.05, 0.1) is 6.07 Å². The quantitative estimate of drug-likeness (QED) is 0.442. The van der Waals surface area contributed by atoms with Crippen molar-refractivity contribution in [3.8, 4) is 6.07 Å². The Kier molecular flexibility index (Phi) is 4.92. The lowest BCUT2D eigenvalue weighted by Crippen LogP contribution is -3.00. The molecule has 3 heteroatoms. The SMILES string of the molecule is Cc1cc(C)[n+](C)c(CC#N)c1.[I-]. The van der Waals surface area contributed by atoms with Gasteiger partial charge in [0.2, 0.25) is 0 Å². The molecule has 2 nitrogen and oxygen atoms in total. The highest BCUT2D eigenvalue weighted by Gasteiger charge is 2.09. The van der Waals surface area contributed by atoms with Gasteiger partial charge in [0.15, 0.2) is 11.4 Å². The van der Waals surface area contributed by atoms with Crippen molar-refractivity contribution in [2.24, 2.45) is 7.05 Å². The van der Waals surface area contributed by atoms with Crippen molar-refractivity contribution in [3.05, 3.63) is 29.1 Å². The lowest BCUT2D eigenvalue weighted by Gasteiger charge is -2.00. The van der Waals surface area contributed by atoms with Gasteiger partial charge in [-0.1, -0.05) is 0 Å². The first kappa shape index (κ1) is 12.4. The van der Waals surface area contributed by atoms with E-state index in [1.165, 1.54) is 11.3 Å². The fraction of sp³-hybridized carbons (Fsp3) is 0.400. The van der Waals surface area contributed by atoms with E-state index in [1.54, 1.807) is 0 Å². The summed E-state index contributed by atoms with van der Waals surface area (Å²) in [6, 6.07) is 6.32. The number of halogens is 1. The van der Waals surface area contributed by atoms with Crippen molar-refractivity contribution in [1.82, 2.24) is 0 Å². The number of nitriles is 1. The van der Waals surface area contributed by atoms with Gasteiger partial charge in [0.25, 0.3) is 0 Å². The molecule has 0 saturated heterocycles. The third kappa shape index (κ3) is 2.96. The largest absolute Gasteiger partial charge is 1.00 e. The maximum Gasteiger partial charge on any atom is 0.195 e. The van der Waals surface area contributed by atoms with Crippen LogP contribution >= 0.6 is 0 Å². The fourth-order valence-electron chi connectivity index (χ4n) is 1.30. The van der Waals surface area contributed by atoms with Crippen molar-refractivity contribution in [2.75, 3.05) is 0 Å². The topological polar surface area (TPSA) is 27.7 Å². The number of hydrogen-bond acceptors (Lipinski definition) is 1. The molecule has 0 unspecified atom stereocenters. The zero-order valence-corrected chi connectivity index (χ0v) is 10.3. The molecule has 0 spiro atoms. The van der Waals surface area contributed by atoms with Crippen LogP contribution in [0.25, 0.3) is 0 Å². The van der Waals surface area contributed by atoms with Gasteiger partial charge in [-0.2, -0.15) is 5.26 Å². The van der Waals surface area contributed by atoms with Gasteiger partial charge in [0.1, 0.15) is 13.5 Å². The Morgan fingerprint density at radius 1 is 1.38 bits per heavy atom. The van der Waals surface area contributed by atoms with E-state index in [1.807, 2.05) is 20.9 Å². The molecule has 1 rings (SSSR count). The van der Waals surface area contributed by atoms with Crippen molar-refractivity contribution in [1.29, 1.82) is 5.26 Å². The highest BCUT2D eigenvalue weighted by molar-refractivity contribution is 5.16. The molecule has 0 saturated carbocycles. The average Bonchev–Trinajstić information content (AvgIpc) is 2.00. The molecule has 0 aromatic carbocycles. The summed E-state index contributed by atoms with van der Waals surface area (Å²) in [5.74, 6) is 0. The Labute approximate surface area is 96.2 Å². The summed E-state index contributed by atoms with van der Waals surface area (Å²) in [5, 5.41) is 8.56. The number of aromatic nitrogens is 1. The van der Waals surface area contributed by atoms with Crippen LogP contribution in [0.3, 0.4) is 0 Å². The lowest BCUT2D eigenvalue weighted by atomic mass is 10.2. The monoisotopic (exact) mass is 288 g/mol. The number of nitrogens with zero attached hydrogens (tertiary/aromatic N) is 2. The lowest BCUT2D eigenvalue weighted by molar-refractivity contribution is -0.684. The molecule has 0 aliphatic rings. The van der Waals surface area contributed by atoms with Crippen LogP contribution in [0.15, 0.2) is 12.1 Å². The first-order valence-electron chi connectivity index (χ1n) is 3.98. The Balaban J connectivity index is 0.00000144. The predicted octanol–water partition coefficient (Wildman–Crippen LogP) is -1.80. The average molecular weight is 288 g/mol. The Bertz CT molecular complexity index is 340. The van der Waals surface area contributed by atoms with Gasteiger partial charge in [-0.3, -0.25) is 0 Å². The van der Waals surface area contributed by atoms with Crippen molar-refractivity contribution >= 4 is 0 Å². The second-order valence-electron chi connectivity index (χ2n) is 3.06. The van der Waals surface area contributed by atoms with Crippen molar-refractivity contribution in [2.45, 2.75) is 20.3 Å². The van der Waals surface area contributed by atoms with Gasteiger partial charge in [0, 0.05) is 19.1 Å². The van der Waals surface area contributed by atoms with Gasteiger partial charge in [-0.15, -0.1) is 0 Å². The fourth-order valence-corrected chi connectivity index (χ4v) is 1.30. The molecule has 1 heterocycles. The summed E-state index contributed by atoms with van der Waals surface area (Å²) in [5.41, 5.74) is 3.49. The highest BCUT2D eigenvalue weighted by Crippen LogP contribution is 2.01. The molecule has 0 radical (unpaired) electrons. The van der Waals surface area contributed by atoms with Crippen LogP contribution in [-0.4, -0.2) is 0 Å². The first-order chi connectivity index (χ1) is 5.65. The summed E-state index contributed by atoms with van der Waals surface area (Å²) in [7, 11) is 1.99. The maximum absolute atomic E-state index is 8.56. The maximum atomic E-state index is 8.56. The smallest absolute Gasteiger partial charge is 0.195 e. The van der Waals surface area contributed by atoms with Crippen LogP contribution in [0.1, 0.15) is 17.0 Å². The van der Waals surface area contributed by atoms with Crippen LogP contribution in [0, 0.1) is 25.2 Å². The summed E-state index contributed by atoms with van der Waals surface area (Å²) >= 11 is 0. The number of aryl methyl sites for hydroxylation is 2. The minimum Gasteiger partial charge on any atom is -1.00 e. The minimum absolute atomic E-state index is 0. The highest BCUT2D eigenvalue weighted by atomic mass is 127. The number of pyridine rings is 1. The Morgan fingerprint density at radius 2 is 2.00 bits per heavy atom. The van der Waals surface area contributed by atoms with E-state index in [-0.39, 0.29) is 24.0 Å². The van der Waals surface area contributed by atoms with Gasteiger partial charge >= 0.3 is 0 Å². The molecular formula is C10H13IN2. The van der Waals surface area contributed by atoms with E-state index in [0.717, 1.165) is 5.69 Å². The molecule has 0 atom stereocenters. The second-order valence-corrected chi connectivity index (χ2v) is 3.06.